The molecule has 4 rings (SSSR count). The first kappa shape index (κ1) is 21.7. The minimum Gasteiger partial charge on any atom is -0.326 e. The number of hydrogen-bond acceptors (Lipinski definition) is 5. The molecule has 0 radical (unpaired) electrons. The van der Waals surface area contributed by atoms with Gasteiger partial charge in [0, 0.05) is 23.4 Å². The molecule has 0 aliphatic carbocycles. The van der Waals surface area contributed by atoms with Gasteiger partial charge >= 0.3 is 0 Å². The van der Waals surface area contributed by atoms with E-state index >= 15 is 0 Å². The Labute approximate surface area is 189 Å². The fraction of sp³-hybridized carbons (Fsp3) is 0.125. The molecule has 0 spiro atoms. The normalized spacial score (nSPS) is 14.8. The lowest BCUT2D eigenvalue weighted by Gasteiger charge is -2.36. The molecule has 2 N–H and O–H groups in total. The van der Waals surface area contributed by atoms with E-state index in [2.05, 4.69) is 10.6 Å². The maximum absolute atomic E-state index is 13.4. The smallest absolute Gasteiger partial charge is 0.271 e. The van der Waals surface area contributed by atoms with Gasteiger partial charge < -0.3 is 10.6 Å². The molecule has 1 aliphatic rings. The monoisotopic (exact) mass is 444 g/mol. The van der Waals surface area contributed by atoms with Crippen molar-refractivity contribution in [2.24, 2.45) is 0 Å². The Hall–Kier alpha value is -4.53. The van der Waals surface area contributed by atoms with Crippen LogP contribution in [0.15, 0.2) is 72.8 Å². The molecule has 3 aromatic rings. The molecular formula is C24H20N4O5. The Bertz CT molecular complexity index is 1260. The van der Waals surface area contributed by atoms with Crippen LogP contribution in [0.1, 0.15) is 22.3 Å². The summed E-state index contributed by atoms with van der Waals surface area (Å²) in [5.74, 6) is -1.47. The molecule has 9 heteroatoms. The molecule has 3 aromatic carbocycles. The summed E-state index contributed by atoms with van der Waals surface area (Å²) in [7, 11) is 0. The summed E-state index contributed by atoms with van der Waals surface area (Å²) >= 11 is 0. The number of hydrogen-bond donors (Lipinski definition) is 2. The summed E-state index contributed by atoms with van der Waals surface area (Å²) in [4.78, 5) is 50.9. The average molecular weight is 444 g/mol. The molecule has 0 saturated heterocycles. The van der Waals surface area contributed by atoms with Gasteiger partial charge in [-0.2, -0.15) is 0 Å². The first-order valence-electron chi connectivity index (χ1n) is 10.2. The third-order valence-corrected chi connectivity index (χ3v) is 5.27. The minimum absolute atomic E-state index is 0.173. The second kappa shape index (κ2) is 8.91. The van der Waals surface area contributed by atoms with Crippen LogP contribution in [0.4, 0.5) is 22.7 Å². The minimum atomic E-state index is -1.10. The van der Waals surface area contributed by atoms with Gasteiger partial charge in [-0.05, 0) is 37.3 Å². The van der Waals surface area contributed by atoms with Crippen molar-refractivity contribution in [1.82, 2.24) is 0 Å². The molecule has 166 valence electrons. The van der Waals surface area contributed by atoms with Crippen molar-refractivity contribution < 1.29 is 19.3 Å². The molecule has 0 fully saturated rings. The zero-order valence-corrected chi connectivity index (χ0v) is 17.6. The van der Waals surface area contributed by atoms with Crippen LogP contribution in [0, 0.1) is 17.0 Å². The van der Waals surface area contributed by atoms with Crippen LogP contribution in [-0.4, -0.2) is 28.7 Å². The van der Waals surface area contributed by atoms with E-state index < -0.39 is 28.7 Å². The highest BCUT2D eigenvalue weighted by atomic mass is 16.6. The SMILES string of the molecule is Cc1ccc(C(=O)N2c3ccccc3NC(=O)[C@@H]2CC(=O)Nc2cccc([N+](=O)[O-])c2)cc1. The number of carbonyl (C=O) groups is 3. The van der Waals surface area contributed by atoms with Crippen molar-refractivity contribution in [2.45, 2.75) is 19.4 Å². The Morgan fingerprint density at radius 3 is 2.52 bits per heavy atom. The highest BCUT2D eigenvalue weighted by Crippen LogP contribution is 2.34. The van der Waals surface area contributed by atoms with E-state index in [4.69, 9.17) is 0 Å². The van der Waals surface area contributed by atoms with Gasteiger partial charge in [-0.25, -0.2) is 0 Å². The Morgan fingerprint density at radius 1 is 1.06 bits per heavy atom. The Kier molecular flexibility index (Phi) is 5.86. The highest BCUT2D eigenvalue weighted by molar-refractivity contribution is 6.17. The van der Waals surface area contributed by atoms with Crippen LogP contribution in [0.3, 0.4) is 0 Å². The van der Waals surface area contributed by atoms with Crippen molar-refractivity contribution >= 4 is 40.5 Å². The highest BCUT2D eigenvalue weighted by Gasteiger charge is 2.38. The van der Waals surface area contributed by atoms with Crippen LogP contribution >= 0.6 is 0 Å². The predicted octanol–water partition coefficient (Wildman–Crippen LogP) is 3.90. The van der Waals surface area contributed by atoms with Crippen molar-refractivity contribution in [2.75, 3.05) is 15.5 Å². The number of carbonyl (C=O) groups excluding carboxylic acids is 3. The molecule has 0 unspecified atom stereocenters. The second-order valence-electron chi connectivity index (χ2n) is 7.62. The van der Waals surface area contributed by atoms with Gasteiger partial charge in [-0.3, -0.25) is 29.4 Å². The number of rotatable bonds is 5. The molecule has 33 heavy (non-hydrogen) atoms. The zero-order chi connectivity index (χ0) is 23.5. The number of nitrogens with one attached hydrogen (secondary N) is 2. The third kappa shape index (κ3) is 4.57. The third-order valence-electron chi connectivity index (χ3n) is 5.27. The molecule has 1 aliphatic heterocycles. The van der Waals surface area contributed by atoms with Gasteiger partial charge in [-0.1, -0.05) is 35.9 Å². The number of para-hydroxylation sites is 2. The topological polar surface area (TPSA) is 122 Å². The van der Waals surface area contributed by atoms with Crippen molar-refractivity contribution in [1.29, 1.82) is 0 Å². The number of non-ortho nitro benzene ring substituents is 1. The van der Waals surface area contributed by atoms with Crippen LogP contribution in [0.2, 0.25) is 0 Å². The lowest BCUT2D eigenvalue weighted by Crippen LogP contribution is -2.52. The van der Waals surface area contributed by atoms with Gasteiger partial charge in [-0.15, -0.1) is 0 Å². The van der Waals surface area contributed by atoms with E-state index in [1.165, 1.54) is 29.2 Å². The van der Waals surface area contributed by atoms with E-state index in [0.717, 1.165) is 5.56 Å². The van der Waals surface area contributed by atoms with Crippen LogP contribution in [0.25, 0.3) is 0 Å². The van der Waals surface area contributed by atoms with Gasteiger partial charge in [0.05, 0.1) is 22.7 Å². The van der Waals surface area contributed by atoms with Gasteiger partial charge in [0.15, 0.2) is 0 Å². The quantitative estimate of drug-likeness (QED) is 0.457. The van der Waals surface area contributed by atoms with Crippen LogP contribution < -0.4 is 15.5 Å². The summed E-state index contributed by atoms with van der Waals surface area (Å²) in [5.41, 5.74) is 2.37. The van der Waals surface area contributed by atoms with Crippen molar-refractivity contribution in [3.05, 3.63) is 94.0 Å². The van der Waals surface area contributed by atoms with Crippen molar-refractivity contribution in [3.8, 4) is 0 Å². The average Bonchev–Trinajstić information content (AvgIpc) is 2.79. The molecule has 3 amide bonds. The standard InChI is InChI=1S/C24H20N4O5/c1-15-9-11-16(12-10-15)24(31)27-20-8-3-2-7-19(20)26-23(30)21(27)14-22(29)25-17-5-4-6-18(13-17)28(32)33/h2-13,21H,14H2,1H3,(H,25,29)(H,26,30)/t21-/m0/s1. The van der Waals surface area contributed by atoms with E-state index in [9.17, 15) is 24.5 Å². The summed E-state index contributed by atoms with van der Waals surface area (Å²) in [6.07, 6.45) is -0.333. The van der Waals surface area contributed by atoms with Gasteiger partial charge in [0.1, 0.15) is 6.04 Å². The Balaban J connectivity index is 1.63. The number of benzene rings is 3. The summed E-state index contributed by atoms with van der Waals surface area (Å²) < 4.78 is 0. The molecule has 1 atom stereocenters. The first-order valence-corrected chi connectivity index (χ1v) is 10.2. The zero-order valence-electron chi connectivity index (χ0n) is 17.6. The number of nitro groups is 1. The number of aryl methyl sites for hydroxylation is 1. The summed E-state index contributed by atoms with van der Waals surface area (Å²) in [6.45, 7) is 1.90. The Morgan fingerprint density at radius 2 is 1.79 bits per heavy atom. The lowest BCUT2D eigenvalue weighted by atomic mass is 10.0. The largest absolute Gasteiger partial charge is 0.326 e. The summed E-state index contributed by atoms with van der Waals surface area (Å²) in [5, 5.41) is 16.3. The summed E-state index contributed by atoms with van der Waals surface area (Å²) in [6, 6.07) is 18.2. The van der Waals surface area contributed by atoms with E-state index in [1.807, 2.05) is 6.92 Å². The van der Waals surface area contributed by atoms with Crippen LogP contribution in [0.5, 0.6) is 0 Å². The molecule has 0 saturated carbocycles. The van der Waals surface area contributed by atoms with E-state index in [0.29, 0.717) is 16.9 Å². The molecule has 0 bridgehead atoms. The van der Waals surface area contributed by atoms with E-state index in [1.54, 1.807) is 48.5 Å². The molecule has 1 heterocycles. The first-order chi connectivity index (χ1) is 15.8. The number of fused-ring (bicyclic) bond motifs is 1. The molecule has 9 nitrogen and oxygen atoms in total. The van der Waals surface area contributed by atoms with Gasteiger partial charge in [0.2, 0.25) is 11.8 Å². The number of amides is 3. The number of nitro benzene ring substituents is 1. The predicted molar refractivity (Wildman–Crippen MR) is 123 cm³/mol. The number of nitrogens with zero attached hydrogens (tertiary/aromatic N) is 2. The lowest BCUT2D eigenvalue weighted by molar-refractivity contribution is -0.384. The molecule has 0 aromatic heterocycles. The molecular weight excluding hydrogens is 424 g/mol. The van der Waals surface area contributed by atoms with Gasteiger partial charge in [0.25, 0.3) is 11.6 Å². The van der Waals surface area contributed by atoms with Crippen LogP contribution in [-0.2, 0) is 9.59 Å². The maximum Gasteiger partial charge on any atom is 0.271 e. The fourth-order valence-electron chi connectivity index (χ4n) is 3.65. The second-order valence-corrected chi connectivity index (χ2v) is 7.62. The van der Waals surface area contributed by atoms with E-state index in [-0.39, 0.29) is 17.8 Å². The number of anilines is 3. The maximum atomic E-state index is 13.4. The van der Waals surface area contributed by atoms with Crippen molar-refractivity contribution in [3.63, 3.8) is 0 Å². The fourth-order valence-corrected chi connectivity index (χ4v) is 3.65.